The van der Waals surface area contributed by atoms with Gasteiger partial charge >= 0.3 is 17.9 Å². The van der Waals surface area contributed by atoms with Crippen LogP contribution in [0.4, 0.5) is 0 Å². The molecule has 4 aliphatic carbocycles. The number of nitriles is 1. The summed E-state index contributed by atoms with van der Waals surface area (Å²) >= 11 is 0. The van der Waals surface area contributed by atoms with Crippen LogP contribution in [0.1, 0.15) is 99.3 Å². The highest BCUT2D eigenvalue weighted by Crippen LogP contribution is 2.69. The van der Waals surface area contributed by atoms with Crippen molar-refractivity contribution in [3.05, 3.63) is 0 Å². The first-order chi connectivity index (χ1) is 22.0. The lowest BCUT2D eigenvalue weighted by molar-refractivity contribution is -0.224. The molecule has 0 saturated heterocycles. The lowest BCUT2D eigenvalue weighted by Crippen LogP contribution is -2.63. The molecule has 4 rings (SSSR count). The van der Waals surface area contributed by atoms with E-state index in [1.54, 1.807) is 6.07 Å². The van der Waals surface area contributed by atoms with Gasteiger partial charge in [-0.25, -0.2) is 13.1 Å². The van der Waals surface area contributed by atoms with Crippen molar-refractivity contribution in [1.29, 1.82) is 5.26 Å². The quantitative estimate of drug-likeness (QED) is 0.176. The number of ether oxygens (including phenoxy) is 3. The summed E-state index contributed by atoms with van der Waals surface area (Å²) in [6.45, 7) is 10.7. The lowest BCUT2D eigenvalue weighted by Gasteiger charge is -2.64. The number of carbonyl (C=O) groups excluding carboxylic acids is 4. The largest absolute Gasteiger partial charge is 0.463 e. The van der Waals surface area contributed by atoms with Gasteiger partial charge in [-0.15, -0.1) is 0 Å². The van der Waals surface area contributed by atoms with E-state index in [0.29, 0.717) is 19.3 Å². The zero-order valence-electron chi connectivity index (χ0n) is 28.7. The molecule has 0 aliphatic heterocycles. The highest BCUT2D eigenvalue weighted by molar-refractivity contribution is 7.89. The molecule has 4 fully saturated rings. The fraction of sp³-hybridized carbons (Fsp3) is 0.853. The smallest absolute Gasteiger partial charge is 0.302 e. The predicted molar refractivity (Wildman–Crippen MR) is 171 cm³/mol. The van der Waals surface area contributed by atoms with Gasteiger partial charge in [0.15, 0.2) is 0 Å². The fourth-order valence-corrected chi connectivity index (χ4v) is 11.1. The SMILES string of the molecule is CC(=O)O[C@@H]1CC[C@@]2(C)[C@@H](C1)C[C@@H](OC(C)=O)[C@@H]1[C@@H]2C[C@H](OC(C)=O)[C@]2(C)[C@@H]([C@H](C)CCC(=O)NCCS(=O)(=O)NCC#N)CC[C@@H]12. The molecule has 0 aromatic rings. The van der Waals surface area contributed by atoms with Crippen LogP contribution in [0.3, 0.4) is 0 Å². The number of fused-ring (bicyclic) bond motifs is 5. The maximum absolute atomic E-state index is 12.7. The summed E-state index contributed by atoms with van der Waals surface area (Å²) in [7, 11) is -3.64. The summed E-state index contributed by atoms with van der Waals surface area (Å²) in [4.78, 5) is 49.5. The van der Waals surface area contributed by atoms with Gasteiger partial charge in [0.2, 0.25) is 15.9 Å². The van der Waals surface area contributed by atoms with Crippen molar-refractivity contribution in [2.45, 2.75) is 118 Å². The molecule has 2 N–H and O–H groups in total. The highest BCUT2D eigenvalue weighted by atomic mass is 32.2. The summed E-state index contributed by atoms with van der Waals surface area (Å²) in [6.07, 6.45) is 5.60. The summed E-state index contributed by atoms with van der Waals surface area (Å²) in [5, 5.41) is 11.3. The molecule has 47 heavy (non-hydrogen) atoms. The van der Waals surface area contributed by atoms with Crippen LogP contribution < -0.4 is 10.0 Å². The van der Waals surface area contributed by atoms with Crippen LogP contribution in [-0.2, 0) is 43.4 Å². The third-order valence-electron chi connectivity index (χ3n) is 12.3. The minimum Gasteiger partial charge on any atom is -0.463 e. The van der Waals surface area contributed by atoms with Gasteiger partial charge in [0.05, 0.1) is 18.4 Å². The molecule has 0 bridgehead atoms. The first-order valence-corrected chi connectivity index (χ1v) is 18.8. The maximum Gasteiger partial charge on any atom is 0.302 e. The monoisotopic (exact) mass is 679 g/mol. The Morgan fingerprint density at radius 1 is 0.936 bits per heavy atom. The standard InChI is InChI=1S/C34H53N3O9S/c1-20(7-10-31(41)36-15-16-47(42,43)37-14-13-35)26-8-9-27-32-28(19-30(34(26,27)6)46-23(4)40)33(5)12-11-25(44-21(2)38)17-24(33)18-29(32)45-22(3)39/h20,24-30,32,37H,7-12,14-19H2,1-6H3,(H,36,41)/t20-,24+,25-,26-,27+,28+,29-,30+,32+,33+,34-/m1/s1. The highest BCUT2D eigenvalue weighted by Gasteiger charge is 2.67. The zero-order chi connectivity index (χ0) is 34.7. The van der Waals surface area contributed by atoms with Gasteiger partial charge < -0.3 is 19.5 Å². The molecule has 11 atom stereocenters. The molecule has 0 spiro atoms. The van der Waals surface area contributed by atoms with E-state index in [0.717, 1.165) is 32.1 Å². The van der Waals surface area contributed by atoms with Crippen LogP contribution >= 0.6 is 0 Å². The molecular formula is C34H53N3O9S. The molecule has 0 aromatic heterocycles. The molecule has 0 heterocycles. The molecule has 4 aliphatic rings. The number of esters is 3. The average molecular weight is 680 g/mol. The number of hydrogen-bond donors (Lipinski definition) is 2. The van der Waals surface area contributed by atoms with E-state index in [9.17, 15) is 27.6 Å². The van der Waals surface area contributed by atoms with E-state index in [4.69, 9.17) is 19.5 Å². The first-order valence-electron chi connectivity index (χ1n) is 17.1. The normalized spacial score (nSPS) is 36.8. The Bertz CT molecular complexity index is 1350. The molecule has 0 unspecified atom stereocenters. The number of hydrogen-bond acceptors (Lipinski definition) is 10. The van der Waals surface area contributed by atoms with E-state index in [2.05, 4.69) is 30.8 Å². The van der Waals surface area contributed by atoms with E-state index in [1.807, 2.05) is 0 Å². The van der Waals surface area contributed by atoms with Crippen molar-refractivity contribution in [3.63, 3.8) is 0 Å². The third-order valence-corrected chi connectivity index (χ3v) is 13.6. The van der Waals surface area contributed by atoms with Crippen LogP contribution in [0.2, 0.25) is 0 Å². The molecule has 0 aromatic carbocycles. The van der Waals surface area contributed by atoms with Gasteiger partial charge in [0, 0.05) is 45.1 Å². The molecule has 12 nitrogen and oxygen atoms in total. The Hall–Kier alpha value is -2.72. The number of sulfonamides is 1. The third kappa shape index (κ3) is 8.12. The van der Waals surface area contributed by atoms with E-state index in [-0.39, 0.29) is 114 Å². The van der Waals surface area contributed by atoms with Crippen molar-refractivity contribution in [2.75, 3.05) is 18.8 Å². The van der Waals surface area contributed by atoms with Gasteiger partial charge in [-0.2, -0.15) is 5.26 Å². The van der Waals surface area contributed by atoms with Crippen molar-refractivity contribution in [3.8, 4) is 6.07 Å². The van der Waals surface area contributed by atoms with Crippen LogP contribution in [0, 0.1) is 57.7 Å². The number of nitrogens with zero attached hydrogens (tertiary/aromatic N) is 1. The lowest BCUT2D eigenvalue weighted by atomic mass is 9.43. The molecule has 13 heteroatoms. The second-order valence-electron chi connectivity index (χ2n) is 14.9. The molecule has 0 radical (unpaired) electrons. The Labute approximate surface area is 279 Å². The topological polar surface area (TPSA) is 178 Å². The van der Waals surface area contributed by atoms with Crippen molar-refractivity contribution >= 4 is 33.8 Å². The van der Waals surface area contributed by atoms with E-state index < -0.39 is 10.0 Å². The van der Waals surface area contributed by atoms with Crippen molar-refractivity contribution in [2.24, 2.45) is 46.3 Å². The van der Waals surface area contributed by atoms with Gasteiger partial charge in [-0.3, -0.25) is 19.2 Å². The van der Waals surface area contributed by atoms with Crippen LogP contribution in [0.5, 0.6) is 0 Å². The zero-order valence-corrected chi connectivity index (χ0v) is 29.5. The Morgan fingerprint density at radius 2 is 1.62 bits per heavy atom. The van der Waals surface area contributed by atoms with E-state index >= 15 is 0 Å². The van der Waals surface area contributed by atoms with Gasteiger partial charge in [0.1, 0.15) is 18.3 Å². The molecular weight excluding hydrogens is 626 g/mol. The van der Waals surface area contributed by atoms with Gasteiger partial charge in [-0.05, 0) is 86.4 Å². The van der Waals surface area contributed by atoms with Crippen LogP contribution in [0.25, 0.3) is 0 Å². The maximum atomic E-state index is 12.7. The Balaban J connectivity index is 1.53. The molecule has 1 amide bonds. The minimum atomic E-state index is -3.64. The summed E-state index contributed by atoms with van der Waals surface area (Å²) in [5.74, 6) is -0.594. The van der Waals surface area contributed by atoms with Crippen LogP contribution in [-0.4, -0.2) is 69.4 Å². The number of nitrogens with one attached hydrogen (secondary N) is 2. The summed E-state index contributed by atoms with van der Waals surface area (Å²) in [6, 6.07) is 1.72. The second-order valence-corrected chi connectivity index (χ2v) is 16.9. The second kappa shape index (κ2) is 14.8. The number of carbonyl (C=O) groups is 4. The van der Waals surface area contributed by atoms with Crippen molar-refractivity contribution in [1.82, 2.24) is 10.0 Å². The van der Waals surface area contributed by atoms with E-state index in [1.165, 1.54) is 20.8 Å². The number of rotatable bonds is 12. The molecule has 264 valence electrons. The predicted octanol–water partition coefficient (Wildman–Crippen LogP) is 3.64. The molecule has 4 saturated carbocycles. The fourth-order valence-electron chi connectivity index (χ4n) is 10.3. The average Bonchev–Trinajstić information content (AvgIpc) is 3.33. The Kier molecular flexibility index (Phi) is 11.7. The van der Waals surface area contributed by atoms with Crippen LogP contribution in [0.15, 0.2) is 0 Å². The Morgan fingerprint density at radius 3 is 2.26 bits per heavy atom. The summed E-state index contributed by atoms with van der Waals surface area (Å²) < 4.78 is 44.0. The minimum absolute atomic E-state index is 0.0479. The van der Waals surface area contributed by atoms with Gasteiger partial charge in [0.25, 0.3) is 0 Å². The summed E-state index contributed by atoms with van der Waals surface area (Å²) in [5.41, 5.74) is -0.475. The van der Waals surface area contributed by atoms with Crippen molar-refractivity contribution < 1.29 is 41.8 Å². The first kappa shape index (κ1) is 37.1. The number of amides is 1. The van der Waals surface area contributed by atoms with Gasteiger partial charge in [-0.1, -0.05) is 20.8 Å².